The normalized spacial score (nSPS) is 12.9. The highest BCUT2D eigenvalue weighted by atomic mass is 28.4. The molecule has 0 aliphatic heterocycles. The van der Waals surface area contributed by atoms with Crippen LogP contribution in [-0.2, 0) is 0 Å². The third-order valence-corrected chi connectivity index (χ3v) is 21.8. The monoisotopic (exact) mass is 319 g/mol. The van der Waals surface area contributed by atoms with E-state index in [9.17, 15) is 0 Å². The standard InChI is InChI=1S/C19H35Si2/c1-7-20(8-2,9-3)19(18-16-14-13-15-17-18)21(10-4,11-5)12-6/h14-17,19H,7-12H2,1-6H3. The Morgan fingerprint density at radius 3 is 1.33 bits per heavy atom. The number of rotatable bonds is 9. The van der Waals surface area contributed by atoms with E-state index in [1.54, 1.807) is 5.56 Å². The highest BCUT2D eigenvalue weighted by Crippen LogP contribution is 2.46. The Morgan fingerprint density at radius 1 is 0.714 bits per heavy atom. The predicted octanol–water partition coefficient (Wildman–Crippen LogP) is 6.67. The van der Waals surface area contributed by atoms with Gasteiger partial charge in [0.05, 0.1) is 16.1 Å². The van der Waals surface area contributed by atoms with Crippen LogP contribution < -0.4 is 0 Å². The topological polar surface area (TPSA) is 0 Å². The highest BCUT2D eigenvalue weighted by molar-refractivity contribution is 6.99. The summed E-state index contributed by atoms with van der Waals surface area (Å²) in [6.07, 6.45) is 0. The maximum Gasteiger partial charge on any atom is 0.0577 e. The van der Waals surface area contributed by atoms with Crippen molar-refractivity contribution in [1.82, 2.24) is 0 Å². The molecule has 119 valence electrons. The minimum atomic E-state index is -1.24. The molecule has 0 saturated heterocycles. The fourth-order valence-corrected chi connectivity index (χ4v) is 20.8. The van der Waals surface area contributed by atoms with Gasteiger partial charge in [-0.3, -0.25) is 0 Å². The van der Waals surface area contributed by atoms with Crippen LogP contribution in [0.4, 0.5) is 0 Å². The maximum absolute atomic E-state index is 3.23. The van der Waals surface area contributed by atoms with Crippen LogP contribution in [0.25, 0.3) is 0 Å². The minimum absolute atomic E-state index is 0.930. The molecule has 0 atom stereocenters. The van der Waals surface area contributed by atoms with Crippen molar-refractivity contribution in [2.24, 2.45) is 0 Å². The summed E-state index contributed by atoms with van der Waals surface area (Å²) in [5, 5.41) is 0.930. The highest BCUT2D eigenvalue weighted by Gasteiger charge is 2.48. The van der Waals surface area contributed by atoms with E-state index < -0.39 is 16.1 Å². The Labute approximate surface area is 135 Å². The summed E-state index contributed by atoms with van der Waals surface area (Å²) in [7, 11) is -2.48. The summed E-state index contributed by atoms with van der Waals surface area (Å²) < 4.78 is 0. The van der Waals surface area contributed by atoms with Gasteiger partial charge in [-0.1, -0.05) is 108 Å². The van der Waals surface area contributed by atoms with Crippen molar-refractivity contribution < 1.29 is 0 Å². The minimum Gasteiger partial charge on any atom is -0.0678 e. The lowest BCUT2D eigenvalue weighted by atomic mass is 10.2. The molecule has 0 aliphatic rings. The van der Waals surface area contributed by atoms with Gasteiger partial charge in [0.15, 0.2) is 0 Å². The van der Waals surface area contributed by atoms with Crippen LogP contribution in [0.2, 0.25) is 36.3 Å². The predicted molar refractivity (Wildman–Crippen MR) is 102 cm³/mol. The van der Waals surface area contributed by atoms with Crippen molar-refractivity contribution in [1.29, 1.82) is 0 Å². The lowest BCUT2D eigenvalue weighted by Crippen LogP contribution is -2.55. The summed E-state index contributed by atoms with van der Waals surface area (Å²) in [6.45, 7) is 14.8. The van der Waals surface area contributed by atoms with E-state index in [0.29, 0.717) is 0 Å². The molecule has 0 bridgehead atoms. The molecule has 1 aromatic carbocycles. The maximum atomic E-state index is 3.23. The summed E-state index contributed by atoms with van der Waals surface area (Å²) in [5.74, 6) is 0. The van der Waals surface area contributed by atoms with Crippen LogP contribution in [-0.4, -0.2) is 16.1 Å². The van der Waals surface area contributed by atoms with Crippen molar-refractivity contribution >= 4 is 16.1 Å². The zero-order chi connectivity index (χ0) is 15.9. The summed E-state index contributed by atoms with van der Waals surface area (Å²) in [4.78, 5) is 0. The third-order valence-electron chi connectivity index (χ3n) is 6.53. The van der Waals surface area contributed by atoms with Crippen molar-refractivity contribution in [3.63, 3.8) is 0 Å². The average Bonchev–Trinajstić information content (AvgIpc) is 2.57. The van der Waals surface area contributed by atoms with Crippen LogP contribution in [0, 0.1) is 6.07 Å². The Hall–Kier alpha value is -0.346. The molecular weight excluding hydrogens is 284 g/mol. The molecule has 0 nitrogen and oxygen atoms in total. The molecule has 1 aromatic rings. The Balaban J connectivity index is 3.49. The largest absolute Gasteiger partial charge is 0.0678 e. The van der Waals surface area contributed by atoms with Crippen molar-refractivity contribution in [3.8, 4) is 0 Å². The molecule has 0 fully saturated rings. The molecule has 0 aromatic heterocycles. The fourth-order valence-electron chi connectivity index (χ4n) is 4.67. The molecule has 0 aliphatic carbocycles. The molecule has 0 heterocycles. The lowest BCUT2D eigenvalue weighted by Gasteiger charge is -2.48. The third kappa shape index (κ3) is 3.53. The fraction of sp³-hybridized carbons (Fsp3) is 0.684. The van der Waals surface area contributed by atoms with E-state index in [0.717, 1.165) is 5.16 Å². The van der Waals surface area contributed by atoms with Gasteiger partial charge in [-0.25, -0.2) is 0 Å². The van der Waals surface area contributed by atoms with Gasteiger partial charge in [0.2, 0.25) is 0 Å². The molecule has 1 radical (unpaired) electrons. The Kier molecular flexibility index (Phi) is 7.42. The first-order valence-electron chi connectivity index (χ1n) is 9.05. The summed E-state index contributed by atoms with van der Waals surface area (Å²) in [5.41, 5.74) is 1.66. The van der Waals surface area contributed by atoms with Gasteiger partial charge in [-0.2, -0.15) is 0 Å². The van der Waals surface area contributed by atoms with E-state index >= 15 is 0 Å². The zero-order valence-corrected chi connectivity index (χ0v) is 17.1. The van der Waals surface area contributed by atoms with Crippen LogP contribution in [0.3, 0.4) is 0 Å². The van der Waals surface area contributed by atoms with E-state index in [-0.39, 0.29) is 0 Å². The van der Waals surface area contributed by atoms with Gasteiger partial charge in [0.25, 0.3) is 0 Å². The molecular formula is C19H35Si2. The van der Waals surface area contributed by atoms with Gasteiger partial charge in [-0.05, 0) is 11.2 Å². The quantitative estimate of drug-likeness (QED) is 0.446. The van der Waals surface area contributed by atoms with Crippen LogP contribution in [0.5, 0.6) is 0 Å². The number of hydrogen-bond donors (Lipinski definition) is 0. The van der Waals surface area contributed by atoms with Gasteiger partial charge in [0, 0.05) is 0 Å². The first-order chi connectivity index (χ1) is 10.1. The van der Waals surface area contributed by atoms with Crippen LogP contribution in [0.1, 0.15) is 52.3 Å². The van der Waals surface area contributed by atoms with E-state index in [4.69, 9.17) is 0 Å². The number of hydrogen-bond acceptors (Lipinski definition) is 0. The Bertz CT molecular complexity index is 355. The number of benzene rings is 1. The first-order valence-corrected chi connectivity index (χ1v) is 14.4. The van der Waals surface area contributed by atoms with E-state index in [1.807, 2.05) is 0 Å². The smallest absolute Gasteiger partial charge is 0.0577 e. The lowest BCUT2D eigenvalue weighted by molar-refractivity contribution is 0.989. The van der Waals surface area contributed by atoms with Crippen LogP contribution >= 0.6 is 0 Å². The second kappa shape index (κ2) is 8.33. The average molecular weight is 320 g/mol. The van der Waals surface area contributed by atoms with Gasteiger partial charge < -0.3 is 0 Å². The van der Waals surface area contributed by atoms with Gasteiger partial charge >= 0.3 is 0 Å². The van der Waals surface area contributed by atoms with Crippen molar-refractivity contribution in [2.75, 3.05) is 0 Å². The molecule has 0 spiro atoms. The summed E-state index contributed by atoms with van der Waals surface area (Å²) >= 11 is 0. The van der Waals surface area contributed by atoms with Crippen molar-refractivity contribution in [3.05, 3.63) is 35.9 Å². The zero-order valence-electron chi connectivity index (χ0n) is 15.1. The molecule has 1 rings (SSSR count). The van der Waals surface area contributed by atoms with Crippen LogP contribution in [0.15, 0.2) is 24.3 Å². The molecule has 0 amide bonds. The molecule has 2 heteroatoms. The molecule has 21 heavy (non-hydrogen) atoms. The first kappa shape index (κ1) is 18.7. The second-order valence-electron chi connectivity index (χ2n) is 6.61. The molecule has 0 saturated carbocycles. The molecule has 0 unspecified atom stereocenters. The van der Waals surface area contributed by atoms with Crippen molar-refractivity contribution in [2.45, 2.75) is 83.0 Å². The van der Waals surface area contributed by atoms with E-state index in [2.05, 4.69) is 71.9 Å². The van der Waals surface area contributed by atoms with Gasteiger partial charge in [-0.15, -0.1) is 0 Å². The molecule has 0 N–H and O–H groups in total. The van der Waals surface area contributed by atoms with E-state index in [1.165, 1.54) is 36.3 Å². The SMILES string of the molecule is CC[Si](CC)(CC)C(c1cc[c]cc1)[Si](CC)(CC)CC. The van der Waals surface area contributed by atoms with Gasteiger partial charge in [0.1, 0.15) is 0 Å². The second-order valence-corrected chi connectivity index (χ2v) is 18.0. The Morgan fingerprint density at radius 2 is 1.05 bits per heavy atom. The summed E-state index contributed by atoms with van der Waals surface area (Å²) in [6, 6.07) is 20.9.